The van der Waals surface area contributed by atoms with Crippen LogP contribution in [-0.2, 0) is 6.67 Å². The van der Waals surface area contributed by atoms with Crippen LogP contribution >= 0.6 is 11.6 Å². The quantitative estimate of drug-likeness (QED) is 0.590. The van der Waals surface area contributed by atoms with Crippen molar-refractivity contribution in [3.05, 3.63) is 81.7 Å². The molecule has 4 nitrogen and oxygen atoms in total. The SMILES string of the molecule is O=c1cc(CF)[nH]c2c(-c3ccccc3)c(-c3ccc(Cl)cc3)nn12. The molecule has 0 aliphatic carbocycles. The minimum Gasteiger partial charge on any atom is -0.341 e. The van der Waals surface area contributed by atoms with Crippen LogP contribution in [0.4, 0.5) is 4.39 Å². The highest BCUT2D eigenvalue weighted by atomic mass is 35.5. The topological polar surface area (TPSA) is 50.2 Å². The van der Waals surface area contributed by atoms with Crippen LogP contribution in [0.1, 0.15) is 5.69 Å². The van der Waals surface area contributed by atoms with E-state index < -0.39 is 6.67 Å². The molecule has 0 saturated carbocycles. The molecule has 0 bridgehead atoms. The van der Waals surface area contributed by atoms with Crippen LogP contribution < -0.4 is 5.56 Å². The first-order chi connectivity index (χ1) is 12.2. The van der Waals surface area contributed by atoms with Crippen molar-refractivity contribution in [3.63, 3.8) is 0 Å². The predicted octanol–water partition coefficient (Wildman–Crippen LogP) is 4.48. The van der Waals surface area contributed by atoms with Crippen LogP contribution in [-0.4, -0.2) is 14.6 Å². The Hall–Kier alpha value is -2.92. The molecule has 2 aromatic carbocycles. The molecule has 25 heavy (non-hydrogen) atoms. The number of aromatic nitrogens is 3. The molecule has 0 radical (unpaired) electrons. The van der Waals surface area contributed by atoms with Crippen LogP contribution in [0, 0.1) is 0 Å². The third kappa shape index (κ3) is 2.72. The van der Waals surface area contributed by atoms with Gasteiger partial charge in [-0.15, -0.1) is 0 Å². The van der Waals surface area contributed by atoms with Crippen molar-refractivity contribution in [2.75, 3.05) is 0 Å². The van der Waals surface area contributed by atoms with Gasteiger partial charge >= 0.3 is 0 Å². The number of nitrogens with zero attached hydrogens (tertiary/aromatic N) is 2. The van der Waals surface area contributed by atoms with Gasteiger partial charge in [0.25, 0.3) is 5.56 Å². The molecule has 4 rings (SSSR count). The Bertz CT molecular complexity index is 1100. The Morgan fingerprint density at radius 1 is 1.04 bits per heavy atom. The van der Waals surface area contributed by atoms with Crippen molar-refractivity contribution < 1.29 is 4.39 Å². The first kappa shape index (κ1) is 15.6. The number of alkyl halides is 1. The second-order valence-corrected chi connectivity index (χ2v) is 6.06. The van der Waals surface area contributed by atoms with E-state index in [1.54, 1.807) is 12.1 Å². The van der Waals surface area contributed by atoms with Crippen molar-refractivity contribution >= 4 is 17.2 Å². The lowest BCUT2D eigenvalue weighted by atomic mass is 10.0. The fraction of sp³-hybridized carbons (Fsp3) is 0.0526. The Labute approximate surface area is 147 Å². The summed E-state index contributed by atoms with van der Waals surface area (Å²) in [6.07, 6.45) is 0. The lowest BCUT2D eigenvalue weighted by molar-refractivity contribution is 0.475. The largest absolute Gasteiger partial charge is 0.341 e. The van der Waals surface area contributed by atoms with E-state index in [0.29, 0.717) is 16.4 Å². The second-order valence-electron chi connectivity index (χ2n) is 5.62. The summed E-state index contributed by atoms with van der Waals surface area (Å²) in [5.74, 6) is 0. The number of halogens is 2. The lowest BCUT2D eigenvalue weighted by Crippen LogP contribution is -2.15. The molecule has 0 spiro atoms. The molecular weight excluding hydrogens is 341 g/mol. The normalized spacial score (nSPS) is 11.1. The third-order valence-electron chi connectivity index (χ3n) is 3.99. The summed E-state index contributed by atoms with van der Waals surface area (Å²) in [4.78, 5) is 15.3. The Morgan fingerprint density at radius 2 is 1.76 bits per heavy atom. The van der Waals surface area contributed by atoms with E-state index >= 15 is 0 Å². The summed E-state index contributed by atoms with van der Waals surface area (Å²) in [6, 6.07) is 18.0. The maximum absolute atomic E-state index is 13.1. The molecular formula is C19H13ClFN3O. The van der Waals surface area contributed by atoms with Gasteiger partial charge in [0.15, 0.2) is 0 Å². The number of hydrogen-bond donors (Lipinski definition) is 1. The fourth-order valence-electron chi connectivity index (χ4n) is 2.85. The maximum Gasteiger partial charge on any atom is 0.274 e. The van der Waals surface area contributed by atoms with Gasteiger partial charge in [0.05, 0.1) is 11.3 Å². The summed E-state index contributed by atoms with van der Waals surface area (Å²) in [5.41, 5.74) is 3.39. The molecule has 2 aromatic heterocycles. The summed E-state index contributed by atoms with van der Waals surface area (Å²) >= 11 is 5.98. The van der Waals surface area contributed by atoms with Gasteiger partial charge in [0, 0.05) is 16.7 Å². The first-order valence-electron chi connectivity index (χ1n) is 7.69. The second kappa shape index (κ2) is 6.18. The molecule has 124 valence electrons. The fourth-order valence-corrected chi connectivity index (χ4v) is 2.98. The zero-order valence-electron chi connectivity index (χ0n) is 13.0. The Kier molecular flexibility index (Phi) is 3.86. The molecule has 0 aliphatic heterocycles. The van der Waals surface area contributed by atoms with Crippen LogP contribution in [0.2, 0.25) is 5.02 Å². The van der Waals surface area contributed by atoms with E-state index in [2.05, 4.69) is 10.1 Å². The van der Waals surface area contributed by atoms with Gasteiger partial charge in [-0.25, -0.2) is 4.39 Å². The predicted molar refractivity (Wildman–Crippen MR) is 96.5 cm³/mol. The molecule has 1 N–H and O–H groups in total. The molecule has 4 aromatic rings. The van der Waals surface area contributed by atoms with Gasteiger partial charge in [0.2, 0.25) is 0 Å². The van der Waals surface area contributed by atoms with Crippen molar-refractivity contribution in [1.29, 1.82) is 0 Å². The number of benzene rings is 2. The summed E-state index contributed by atoms with van der Waals surface area (Å²) in [7, 11) is 0. The number of nitrogens with one attached hydrogen (secondary N) is 1. The summed E-state index contributed by atoms with van der Waals surface area (Å²) in [6.45, 7) is -0.749. The zero-order chi connectivity index (χ0) is 17.4. The van der Waals surface area contributed by atoms with Crippen LogP contribution in [0.5, 0.6) is 0 Å². The first-order valence-corrected chi connectivity index (χ1v) is 8.07. The third-order valence-corrected chi connectivity index (χ3v) is 4.25. The molecule has 0 atom stereocenters. The number of H-pyrrole nitrogens is 1. The van der Waals surface area contributed by atoms with Crippen molar-refractivity contribution in [2.24, 2.45) is 0 Å². The monoisotopic (exact) mass is 353 g/mol. The highest BCUT2D eigenvalue weighted by Crippen LogP contribution is 2.34. The Balaban J connectivity index is 2.10. The standard InChI is InChI=1S/C19H13ClFN3O/c20-14-8-6-13(7-9-14)18-17(12-4-2-1-3-5-12)19-22-15(11-21)10-16(25)24(19)23-18/h1-10,22H,11H2. The van der Waals surface area contributed by atoms with E-state index in [1.165, 1.54) is 10.6 Å². The number of aromatic amines is 1. The number of rotatable bonds is 3. The Morgan fingerprint density at radius 3 is 2.44 bits per heavy atom. The van der Waals surface area contributed by atoms with Crippen molar-refractivity contribution in [1.82, 2.24) is 14.6 Å². The van der Waals surface area contributed by atoms with Gasteiger partial charge in [-0.05, 0) is 17.7 Å². The van der Waals surface area contributed by atoms with Gasteiger partial charge in [-0.2, -0.15) is 9.61 Å². The van der Waals surface area contributed by atoms with Crippen LogP contribution in [0.3, 0.4) is 0 Å². The summed E-state index contributed by atoms with van der Waals surface area (Å²) < 4.78 is 14.4. The van der Waals surface area contributed by atoms with Gasteiger partial charge in [-0.3, -0.25) is 4.79 Å². The number of fused-ring (bicyclic) bond motifs is 1. The molecule has 6 heteroatoms. The highest BCUT2D eigenvalue weighted by Gasteiger charge is 2.18. The van der Waals surface area contributed by atoms with Crippen molar-refractivity contribution in [3.8, 4) is 22.4 Å². The minimum atomic E-state index is -0.749. The molecule has 0 fully saturated rings. The maximum atomic E-state index is 13.1. The lowest BCUT2D eigenvalue weighted by Gasteiger charge is -2.04. The van der Waals surface area contributed by atoms with Crippen LogP contribution in [0.15, 0.2) is 65.5 Å². The van der Waals surface area contributed by atoms with Gasteiger partial charge < -0.3 is 4.98 Å². The minimum absolute atomic E-state index is 0.220. The van der Waals surface area contributed by atoms with Gasteiger partial charge in [0.1, 0.15) is 18.0 Å². The van der Waals surface area contributed by atoms with E-state index in [1.807, 2.05) is 42.5 Å². The smallest absolute Gasteiger partial charge is 0.274 e. The molecule has 0 unspecified atom stereocenters. The molecule has 0 saturated heterocycles. The van der Waals surface area contributed by atoms with E-state index in [9.17, 15) is 9.18 Å². The van der Waals surface area contributed by atoms with E-state index in [0.717, 1.165) is 16.7 Å². The zero-order valence-corrected chi connectivity index (χ0v) is 13.8. The molecule has 2 heterocycles. The van der Waals surface area contributed by atoms with E-state index in [4.69, 9.17) is 11.6 Å². The van der Waals surface area contributed by atoms with Crippen molar-refractivity contribution in [2.45, 2.75) is 6.67 Å². The number of hydrogen-bond acceptors (Lipinski definition) is 2. The highest BCUT2D eigenvalue weighted by molar-refractivity contribution is 6.30. The molecule has 0 amide bonds. The summed E-state index contributed by atoms with van der Waals surface area (Å²) in [5, 5.41) is 5.09. The average molecular weight is 354 g/mol. The molecule has 0 aliphatic rings. The average Bonchev–Trinajstić information content (AvgIpc) is 3.03. The van der Waals surface area contributed by atoms with Gasteiger partial charge in [-0.1, -0.05) is 54.1 Å². The van der Waals surface area contributed by atoms with Crippen LogP contribution in [0.25, 0.3) is 28.0 Å². The van der Waals surface area contributed by atoms with E-state index in [-0.39, 0.29) is 11.3 Å².